The molecule has 1 heterocycles. The first-order valence-electron chi connectivity index (χ1n) is 2.84. The van der Waals surface area contributed by atoms with Crippen molar-refractivity contribution in [3.8, 4) is 0 Å². The van der Waals surface area contributed by atoms with Crippen LogP contribution in [-0.4, -0.2) is 40.4 Å². The third-order valence-corrected chi connectivity index (χ3v) is 1.51. The summed E-state index contributed by atoms with van der Waals surface area (Å²) in [6.45, 7) is -0.00986. The summed E-state index contributed by atoms with van der Waals surface area (Å²) in [6.07, 6.45) is -0.763. The molecule has 0 amide bonds. The molecule has 1 fully saturated rings. The number of hydrogen-bond acceptors (Lipinski definition) is 4. The van der Waals surface area contributed by atoms with Gasteiger partial charge in [-0.1, -0.05) is 0 Å². The average molecular weight is 134 g/mol. The number of hydrogen-bond donors (Lipinski definition) is 3. The van der Waals surface area contributed by atoms with Gasteiger partial charge in [0.05, 0.1) is 13.2 Å². The van der Waals surface area contributed by atoms with Crippen molar-refractivity contribution < 1.29 is 20.1 Å². The molecular weight excluding hydrogens is 124 g/mol. The topological polar surface area (TPSA) is 69.9 Å². The Morgan fingerprint density at radius 2 is 2.22 bits per heavy atom. The summed E-state index contributed by atoms with van der Waals surface area (Å²) >= 11 is 0. The van der Waals surface area contributed by atoms with Crippen molar-refractivity contribution in [1.29, 1.82) is 0 Å². The van der Waals surface area contributed by atoms with E-state index in [1.165, 1.54) is 0 Å². The van der Waals surface area contributed by atoms with E-state index in [-0.39, 0.29) is 0 Å². The summed E-state index contributed by atoms with van der Waals surface area (Å²) in [5, 5.41) is 26.2. The molecule has 4 nitrogen and oxygen atoms in total. The van der Waals surface area contributed by atoms with E-state index in [0.29, 0.717) is 13.0 Å². The largest absolute Gasteiger partial charge is 0.393 e. The van der Waals surface area contributed by atoms with Crippen molar-refractivity contribution in [2.75, 3.05) is 13.2 Å². The highest BCUT2D eigenvalue weighted by Crippen LogP contribution is 2.26. The SMILES string of the molecule is OCC(O)C1(O)CCO1. The van der Waals surface area contributed by atoms with Crippen molar-refractivity contribution in [1.82, 2.24) is 0 Å². The lowest BCUT2D eigenvalue weighted by molar-refractivity contribution is -0.327. The van der Waals surface area contributed by atoms with Gasteiger partial charge in [-0.15, -0.1) is 0 Å². The van der Waals surface area contributed by atoms with E-state index in [1.807, 2.05) is 0 Å². The number of aliphatic hydroxyl groups excluding tert-OH is 2. The molecule has 2 unspecified atom stereocenters. The van der Waals surface area contributed by atoms with Crippen molar-refractivity contribution in [3.63, 3.8) is 0 Å². The summed E-state index contributed by atoms with van der Waals surface area (Å²) in [6, 6.07) is 0. The molecule has 3 N–H and O–H groups in total. The molecule has 0 saturated carbocycles. The zero-order valence-electron chi connectivity index (χ0n) is 4.95. The minimum absolute atomic E-state index is 0.398. The quantitative estimate of drug-likeness (QED) is 0.427. The van der Waals surface area contributed by atoms with Crippen molar-refractivity contribution in [2.24, 2.45) is 0 Å². The third-order valence-electron chi connectivity index (χ3n) is 1.51. The van der Waals surface area contributed by atoms with Gasteiger partial charge in [-0.05, 0) is 0 Å². The normalized spacial score (nSPS) is 37.7. The maximum atomic E-state index is 9.05. The van der Waals surface area contributed by atoms with Crippen LogP contribution in [0.2, 0.25) is 0 Å². The monoisotopic (exact) mass is 134 g/mol. The summed E-state index contributed by atoms with van der Waals surface area (Å²) in [5.74, 6) is -1.46. The lowest BCUT2D eigenvalue weighted by atomic mass is 10.0. The highest BCUT2D eigenvalue weighted by atomic mass is 16.7. The molecule has 54 valence electrons. The van der Waals surface area contributed by atoms with Crippen LogP contribution < -0.4 is 0 Å². The summed E-state index contributed by atoms with van der Waals surface area (Å²) in [5.41, 5.74) is 0. The zero-order chi connectivity index (χ0) is 6.91. The van der Waals surface area contributed by atoms with Gasteiger partial charge in [0, 0.05) is 6.42 Å². The highest BCUT2D eigenvalue weighted by molar-refractivity contribution is 4.82. The summed E-state index contributed by atoms with van der Waals surface area (Å²) in [4.78, 5) is 0. The lowest BCUT2D eigenvalue weighted by Crippen LogP contribution is -2.54. The molecule has 0 bridgehead atoms. The Morgan fingerprint density at radius 3 is 2.33 bits per heavy atom. The Bertz CT molecular complexity index is 99.1. The van der Waals surface area contributed by atoms with Gasteiger partial charge in [0.1, 0.15) is 6.10 Å². The predicted octanol–water partition coefficient (Wildman–Crippen LogP) is -1.55. The number of rotatable bonds is 2. The van der Waals surface area contributed by atoms with Gasteiger partial charge < -0.3 is 20.1 Å². The van der Waals surface area contributed by atoms with Crippen LogP contribution in [0.3, 0.4) is 0 Å². The van der Waals surface area contributed by atoms with E-state index in [0.717, 1.165) is 0 Å². The Hall–Kier alpha value is -0.160. The Kier molecular flexibility index (Phi) is 1.72. The van der Waals surface area contributed by atoms with Gasteiger partial charge in [-0.3, -0.25) is 0 Å². The molecule has 0 radical (unpaired) electrons. The van der Waals surface area contributed by atoms with Gasteiger partial charge in [-0.25, -0.2) is 0 Å². The Labute approximate surface area is 52.7 Å². The fourth-order valence-corrected chi connectivity index (χ4v) is 0.717. The summed E-state index contributed by atoms with van der Waals surface area (Å²) in [7, 11) is 0. The lowest BCUT2D eigenvalue weighted by Gasteiger charge is -2.39. The predicted molar refractivity (Wildman–Crippen MR) is 28.6 cm³/mol. The van der Waals surface area contributed by atoms with Crippen LogP contribution in [-0.2, 0) is 4.74 Å². The van der Waals surface area contributed by atoms with Gasteiger partial charge in [0.15, 0.2) is 5.79 Å². The van der Waals surface area contributed by atoms with E-state index < -0.39 is 18.5 Å². The maximum absolute atomic E-state index is 9.05. The third kappa shape index (κ3) is 1.07. The van der Waals surface area contributed by atoms with Gasteiger partial charge in [0.25, 0.3) is 0 Å². The Morgan fingerprint density at radius 1 is 1.67 bits per heavy atom. The average Bonchev–Trinajstić information content (AvgIpc) is 1.81. The molecule has 9 heavy (non-hydrogen) atoms. The molecule has 0 spiro atoms. The summed E-state index contributed by atoms with van der Waals surface area (Å²) < 4.78 is 4.62. The molecule has 1 aliphatic rings. The molecule has 1 rings (SSSR count). The maximum Gasteiger partial charge on any atom is 0.196 e. The standard InChI is InChI=1S/C5H10O4/c6-3-4(7)5(8)1-2-9-5/h4,6-8H,1-3H2. The van der Waals surface area contributed by atoms with E-state index >= 15 is 0 Å². The van der Waals surface area contributed by atoms with Crippen LogP contribution in [0.1, 0.15) is 6.42 Å². The van der Waals surface area contributed by atoms with Gasteiger partial charge in [-0.2, -0.15) is 0 Å². The second-order valence-electron chi connectivity index (χ2n) is 2.14. The second-order valence-corrected chi connectivity index (χ2v) is 2.14. The Balaban J connectivity index is 2.38. The van der Waals surface area contributed by atoms with Gasteiger partial charge in [0.2, 0.25) is 0 Å². The second kappa shape index (κ2) is 2.22. The van der Waals surface area contributed by atoms with E-state index in [9.17, 15) is 0 Å². The molecule has 1 aliphatic heterocycles. The molecule has 0 aliphatic carbocycles. The molecule has 0 aromatic carbocycles. The fraction of sp³-hybridized carbons (Fsp3) is 1.00. The van der Waals surface area contributed by atoms with Crippen LogP contribution >= 0.6 is 0 Å². The van der Waals surface area contributed by atoms with Crippen LogP contribution in [0.25, 0.3) is 0 Å². The van der Waals surface area contributed by atoms with E-state index in [4.69, 9.17) is 15.3 Å². The van der Waals surface area contributed by atoms with Gasteiger partial charge >= 0.3 is 0 Å². The fourth-order valence-electron chi connectivity index (χ4n) is 0.717. The van der Waals surface area contributed by atoms with Crippen molar-refractivity contribution in [3.05, 3.63) is 0 Å². The first kappa shape index (κ1) is 6.95. The minimum Gasteiger partial charge on any atom is -0.393 e. The zero-order valence-corrected chi connectivity index (χ0v) is 4.95. The van der Waals surface area contributed by atoms with Crippen LogP contribution in [0.15, 0.2) is 0 Å². The molecule has 1 saturated heterocycles. The van der Waals surface area contributed by atoms with Crippen LogP contribution in [0, 0.1) is 0 Å². The minimum atomic E-state index is -1.46. The van der Waals surface area contributed by atoms with Crippen molar-refractivity contribution in [2.45, 2.75) is 18.3 Å². The first-order valence-corrected chi connectivity index (χ1v) is 2.84. The van der Waals surface area contributed by atoms with Crippen LogP contribution in [0.5, 0.6) is 0 Å². The van der Waals surface area contributed by atoms with E-state index in [1.54, 1.807) is 0 Å². The number of ether oxygens (including phenoxy) is 1. The van der Waals surface area contributed by atoms with Crippen molar-refractivity contribution >= 4 is 0 Å². The molecule has 4 heteroatoms. The van der Waals surface area contributed by atoms with E-state index in [2.05, 4.69) is 4.74 Å². The van der Waals surface area contributed by atoms with Crippen LogP contribution in [0.4, 0.5) is 0 Å². The smallest absolute Gasteiger partial charge is 0.196 e. The molecule has 0 aromatic rings. The molecule has 0 aromatic heterocycles. The molecular formula is C5H10O4. The highest BCUT2D eigenvalue weighted by Gasteiger charge is 2.42. The number of aliphatic hydroxyl groups is 3. The molecule has 2 atom stereocenters. The first-order chi connectivity index (χ1) is 4.19.